The van der Waals surface area contributed by atoms with Crippen molar-refractivity contribution in [1.29, 1.82) is 0 Å². The molecule has 0 aromatic carbocycles. The van der Waals surface area contributed by atoms with Gasteiger partial charge in [-0.25, -0.2) is 8.42 Å². The minimum absolute atomic E-state index is 0.0486. The van der Waals surface area contributed by atoms with E-state index >= 15 is 0 Å². The number of fused-ring (bicyclic) bond motifs is 4. The minimum atomic E-state index is -3.41. The first-order valence-corrected chi connectivity index (χ1v) is 11.5. The zero-order valence-electron chi connectivity index (χ0n) is 15.7. The number of hydrogen-bond donors (Lipinski definition) is 0. The summed E-state index contributed by atoms with van der Waals surface area (Å²) in [4.78, 5) is 24.8. The van der Waals surface area contributed by atoms with Gasteiger partial charge in [0.25, 0.3) is 0 Å². The van der Waals surface area contributed by atoms with Crippen LogP contribution in [0.2, 0.25) is 0 Å². The third-order valence-electron chi connectivity index (χ3n) is 8.65. The van der Waals surface area contributed by atoms with Gasteiger partial charge >= 0.3 is 0 Å². The van der Waals surface area contributed by atoms with E-state index in [1.807, 2.05) is 0 Å². The Kier molecular flexibility index (Phi) is 3.66. The summed E-state index contributed by atoms with van der Waals surface area (Å²) in [5.41, 5.74) is 0.163. The molecule has 6 aliphatic carbocycles. The van der Waals surface area contributed by atoms with E-state index in [1.54, 1.807) is 0 Å². The third-order valence-corrected chi connectivity index (χ3v) is 10.4. The summed E-state index contributed by atoms with van der Waals surface area (Å²) in [6, 6.07) is 0. The number of hydrogen-bond acceptors (Lipinski definition) is 4. The fraction of sp³-hybridized carbons (Fsp3) is 0.900. The highest BCUT2D eigenvalue weighted by molar-refractivity contribution is 7.91. The number of ketones is 2. The van der Waals surface area contributed by atoms with Crippen molar-refractivity contribution in [2.45, 2.75) is 53.4 Å². The van der Waals surface area contributed by atoms with Crippen molar-refractivity contribution in [2.24, 2.45) is 46.3 Å². The Hall–Kier alpha value is -0.710. The molecule has 6 fully saturated rings. The second-order valence-electron chi connectivity index (χ2n) is 10.4. The van der Waals surface area contributed by atoms with Gasteiger partial charge in [0, 0.05) is 24.7 Å². The van der Waals surface area contributed by atoms with Crippen molar-refractivity contribution < 1.29 is 18.0 Å². The van der Waals surface area contributed by atoms with Crippen molar-refractivity contribution >= 4 is 21.4 Å². The minimum Gasteiger partial charge on any atom is -0.299 e. The lowest BCUT2D eigenvalue weighted by Crippen LogP contribution is -2.59. The molecule has 0 spiro atoms. The first-order valence-electron chi connectivity index (χ1n) is 9.69. The van der Waals surface area contributed by atoms with E-state index in [0.29, 0.717) is 24.7 Å². The van der Waals surface area contributed by atoms with Gasteiger partial charge in [0.05, 0.1) is 11.5 Å². The summed E-state index contributed by atoms with van der Waals surface area (Å²) in [5.74, 6) is 0.691. The summed E-state index contributed by atoms with van der Waals surface area (Å²) in [7, 11) is -3.41. The highest BCUT2D eigenvalue weighted by Crippen LogP contribution is 2.62. The molecule has 0 aliphatic heterocycles. The van der Waals surface area contributed by atoms with Crippen LogP contribution in [0.25, 0.3) is 0 Å². The van der Waals surface area contributed by atoms with E-state index in [-0.39, 0.29) is 57.6 Å². The molecule has 0 heterocycles. The molecule has 4 bridgehead atoms. The van der Waals surface area contributed by atoms with Crippen LogP contribution in [-0.2, 0) is 19.4 Å². The van der Waals surface area contributed by atoms with Crippen molar-refractivity contribution in [3.8, 4) is 0 Å². The molecule has 0 N–H and O–H groups in total. The topological polar surface area (TPSA) is 68.3 Å². The number of carbonyl (C=O) groups is 2. The van der Waals surface area contributed by atoms with Gasteiger partial charge in [-0.1, -0.05) is 27.7 Å². The lowest BCUT2D eigenvalue weighted by molar-refractivity contribution is -0.152. The van der Waals surface area contributed by atoms with Gasteiger partial charge in [-0.2, -0.15) is 0 Å². The largest absolute Gasteiger partial charge is 0.299 e. The van der Waals surface area contributed by atoms with E-state index in [1.165, 1.54) is 0 Å². The Balaban J connectivity index is 1.49. The summed E-state index contributed by atoms with van der Waals surface area (Å²) >= 11 is 0. The molecule has 0 amide bonds. The molecule has 6 aliphatic rings. The fourth-order valence-electron chi connectivity index (χ4n) is 6.44. The van der Waals surface area contributed by atoms with Gasteiger partial charge in [0.2, 0.25) is 0 Å². The Morgan fingerprint density at radius 1 is 0.800 bits per heavy atom. The Morgan fingerprint density at radius 3 is 1.48 bits per heavy atom. The summed E-state index contributed by atoms with van der Waals surface area (Å²) in [5, 5.41) is 0. The van der Waals surface area contributed by atoms with Crippen LogP contribution >= 0.6 is 0 Å². The maximum absolute atomic E-state index is 12.9. The summed E-state index contributed by atoms with van der Waals surface area (Å²) < 4.78 is 25.8. The number of Topliss-reactive ketones (excluding diaryl/α,β-unsaturated/α-hetero) is 2. The van der Waals surface area contributed by atoms with Crippen LogP contribution in [0.1, 0.15) is 53.4 Å². The first-order chi connectivity index (χ1) is 11.4. The maximum atomic E-state index is 12.9. The van der Waals surface area contributed by atoms with Crippen LogP contribution in [0.3, 0.4) is 0 Å². The predicted octanol–water partition coefficient (Wildman–Crippen LogP) is 2.90. The van der Waals surface area contributed by atoms with Crippen molar-refractivity contribution in [3.63, 3.8) is 0 Å². The molecule has 6 saturated carbocycles. The average molecular weight is 367 g/mol. The van der Waals surface area contributed by atoms with Gasteiger partial charge in [-0.05, 0) is 47.3 Å². The highest BCUT2D eigenvalue weighted by atomic mass is 32.2. The Bertz CT molecular complexity index is 677. The predicted molar refractivity (Wildman–Crippen MR) is 95.6 cm³/mol. The van der Waals surface area contributed by atoms with Crippen LogP contribution in [-0.4, -0.2) is 31.5 Å². The van der Waals surface area contributed by atoms with E-state index in [9.17, 15) is 18.0 Å². The fourth-order valence-corrected chi connectivity index (χ4v) is 8.51. The zero-order chi connectivity index (χ0) is 18.4. The lowest BCUT2D eigenvalue weighted by atomic mass is 9.45. The van der Waals surface area contributed by atoms with Crippen LogP contribution in [0.5, 0.6) is 0 Å². The molecule has 6 atom stereocenters. The summed E-state index contributed by atoms with van der Waals surface area (Å²) in [6.07, 6.45) is 3.03. The molecular formula is C20H30O4S. The molecule has 0 aromatic heterocycles. The molecule has 0 radical (unpaired) electrons. The quantitative estimate of drug-likeness (QED) is 0.767. The molecule has 0 aromatic rings. The van der Waals surface area contributed by atoms with Crippen LogP contribution in [0.4, 0.5) is 0 Å². The third kappa shape index (κ3) is 2.48. The molecule has 0 saturated heterocycles. The van der Waals surface area contributed by atoms with Crippen LogP contribution in [0.15, 0.2) is 0 Å². The maximum Gasteiger partial charge on any atom is 0.151 e. The number of rotatable bonds is 4. The molecule has 25 heavy (non-hydrogen) atoms. The van der Waals surface area contributed by atoms with Gasteiger partial charge in [0.1, 0.15) is 11.6 Å². The Morgan fingerprint density at radius 2 is 1.16 bits per heavy atom. The molecule has 4 nitrogen and oxygen atoms in total. The Labute approximate surface area is 151 Å². The van der Waals surface area contributed by atoms with Crippen LogP contribution in [0, 0.1) is 46.3 Å². The summed E-state index contributed by atoms with van der Waals surface area (Å²) in [6.45, 7) is 8.66. The van der Waals surface area contributed by atoms with E-state index < -0.39 is 9.84 Å². The SMILES string of the molecule is CC1(C)[C@H]2CC(=O)[C@H](CS(=O)(=O)C[C@H]3C(=O)C[C@H]4C[C@@H]3C4(C)C)[C@@H]1C2. The highest BCUT2D eigenvalue weighted by Gasteiger charge is 2.60. The molecular weight excluding hydrogens is 336 g/mol. The monoisotopic (exact) mass is 366 g/mol. The van der Waals surface area contributed by atoms with Crippen LogP contribution < -0.4 is 0 Å². The van der Waals surface area contributed by atoms with E-state index in [2.05, 4.69) is 27.7 Å². The van der Waals surface area contributed by atoms with Crippen molar-refractivity contribution in [2.75, 3.05) is 11.5 Å². The zero-order valence-corrected chi connectivity index (χ0v) is 16.6. The number of carbonyl (C=O) groups excluding carboxylic acids is 2. The molecule has 140 valence electrons. The molecule has 0 unspecified atom stereocenters. The van der Waals surface area contributed by atoms with E-state index in [4.69, 9.17) is 0 Å². The molecule has 5 heteroatoms. The van der Waals surface area contributed by atoms with Gasteiger partial charge < -0.3 is 0 Å². The van der Waals surface area contributed by atoms with Gasteiger partial charge in [-0.3, -0.25) is 9.59 Å². The second-order valence-corrected chi connectivity index (χ2v) is 12.5. The van der Waals surface area contributed by atoms with E-state index in [0.717, 1.165) is 12.8 Å². The standard InChI is InChI=1S/C20H30O4S/c1-19(2)11-5-15(19)13(17(21)7-11)9-25(23,24)10-14-16-6-12(8-18(14)22)20(16,3)4/h11-16H,5-10H2,1-4H3/t11-,12-,13-,14-,15+,16+/m1/s1. The lowest BCUT2D eigenvalue weighted by Gasteiger charge is -2.60. The van der Waals surface area contributed by atoms with Gasteiger partial charge in [-0.15, -0.1) is 0 Å². The van der Waals surface area contributed by atoms with Crippen molar-refractivity contribution in [1.82, 2.24) is 0 Å². The average Bonchev–Trinajstić information content (AvgIpc) is 2.49. The normalized spacial score (nSPS) is 44.0. The van der Waals surface area contributed by atoms with Crippen molar-refractivity contribution in [3.05, 3.63) is 0 Å². The smallest absolute Gasteiger partial charge is 0.151 e. The number of sulfone groups is 1. The molecule has 6 rings (SSSR count). The second kappa shape index (κ2) is 5.17. The first kappa shape index (κ1) is 17.7. The van der Waals surface area contributed by atoms with Gasteiger partial charge in [0.15, 0.2) is 9.84 Å².